The first-order chi connectivity index (χ1) is 14.9. The maximum atomic E-state index is 9.18. The number of hydrogen-bond acceptors (Lipinski definition) is 2. The minimum atomic E-state index is 0.0866. The summed E-state index contributed by atoms with van der Waals surface area (Å²) in [4.78, 5) is 8.24. The van der Waals surface area contributed by atoms with E-state index in [-0.39, 0.29) is 5.92 Å². The SMILES string of the molecule is CC(C)Cc1ccc(C(C)c2nc3ccc(C#N)cc3[nH]2)c(Cc2ccccc2Cl)c1. The molecule has 0 bridgehead atoms. The van der Waals surface area contributed by atoms with Crippen LogP contribution in [-0.4, -0.2) is 9.97 Å². The van der Waals surface area contributed by atoms with E-state index >= 15 is 0 Å². The van der Waals surface area contributed by atoms with Gasteiger partial charge in [-0.25, -0.2) is 4.98 Å². The minimum absolute atomic E-state index is 0.0866. The van der Waals surface area contributed by atoms with Crippen LogP contribution in [0.5, 0.6) is 0 Å². The number of aromatic nitrogens is 2. The van der Waals surface area contributed by atoms with Gasteiger partial charge in [0, 0.05) is 10.9 Å². The van der Waals surface area contributed by atoms with E-state index in [0.29, 0.717) is 11.5 Å². The lowest BCUT2D eigenvalue weighted by Gasteiger charge is -2.18. The monoisotopic (exact) mass is 427 g/mol. The Morgan fingerprint density at radius 3 is 2.55 bits per heavy atom. The number of H-pyrrole nitrogens is 1. The lowest BCUT2D eigenvalue weighted by Crippen LogP contribution is -2.06. The van der Waals surface area contributed by atoms with E-state index in [1.54, 1.807) is 6.07 Å². The van der Waals surface area contributed by atoms with Crippen molar-refractivity contribution < 1.29 is 0 Å². The molecule has 0 spiro atoms. The number of fused-ring (bicyclic) bond motifs is 1. The molecule has 0 saturated heterocycles. The van der Waals surface area contributed by atoms with Crippen molar-refractivity contribution in [1.29, 1.82) is 5.26 Å². The molecule has 31 heavy (non-hydrogen) atoms. The van der Waals surface area contributed by atoms with Gasteiger partial charge in [-0.1, -0.05) is 68.8 Å². The first kappa shape index (κ1) is 21.2. The topological polar surface area (TPSA) is 52.5 Å². The third-order valence-corrected chi connectivity index (χ3v) is 6.06. The van der Waals surface area contributed by atoms with Gasteiger partial charge in [-0.2, -0.15) is 5.26 Å². The summed E-state index contributed by atoms with van der Waals surface area (Å²) >= 11 is 6.48. The van der Waals surface area contributed by atoms with E-state index in [9.17, 15) is 5.26 Å². The number of aromatic amines is 1. The number of nitriles is 1. The van der Waals surface area contributed by atoms with E-state index in [4.69, 9.17) is 16.6 Å². The van der Waals surface area contributed by atoms with Crippen molar-refractivity contribution in [1.82, 2.24) is 9.97 Å². The highest BCUT2D eigenvalue weighted by atomic mass is 35.5. The van der Waals surface area contributed by atoms with Gasteiger partial charge in [0.05, 0.1) is 22.7 Å². The van der Waals surface area contributed by atoms with Crippen LogP contribution in [0.2, 0.25) is 5.02 Å². The molecule has 1 aromatic heterocycles. The Hall–Kier alpha value is -3.09. The molecule has 1 N–H and O–H groups in total. The average Bonchev–Trinajstić information content (AvgIpc) is 3.18. The van der Waals surface area contributed by atoms with E-state index in [1.165, 1.54) is 16.7 Å². The molecule has 0 aliphatic carbocycles. The van der Waals surface area contributed by atoms with Crippen LogP contribution in [0, 0.1) is 17.2 Å². The summed E-state index contributed by atoms with van der Waals surface area (Å²) in [7, 11) is 0. The highest BCUT2D eigenvalue weighted by Gasteiger charge is 2.18. The van der Waals surface area contributed by atoms with Crippen LogP contribution in [0.4, 0.5) is 0 Å². The molecule has 4 rings (SSSR count). The van der Waals surface area contributed by atoms with Gasteiger partial charge in [0.25, 0.3) is 0 Å². The molecule has 0 saturated carbocycles. The normalized spacial score (nSPS) is 12.3. The molecule has 0 amide bonds. The first-order valence-electron chi connectivity index (χ1n) is 10.7. The van der Waals surface area contributed by atoms with Crippen LogP contribution in [-0.2, 0) is 12.8 Å². The molecule has 1 heterocycles. The Morgan fingerprint density at radius 1 is 1.00 bits per heavy atom. The number of imidazole rings is 1. The fraction of sp³-hybridized carbons (Fsp3) is 0.259. The Bertz CT molecular complexity index is 1260. The summed E-state index contributed by atoms with van der Waals surface area (Å²) in [5.41, 5.74) is 7.39. The van der Waals surface area contributed by atoms with Gasteiger partial charge in [0.2, 0.25) is 0 Å². The molecular weight excluding hydrogens is 402 g/mol. The molecule has 0 aliphatic rings. The Balaban J connectivity index is 1.75. The number of nitrogens with one attached hydrogen (secondary N) is 1. The van der Waals surface area contributed by atoms with Gasteiger partial charge in [-0.3, -0.25) is 0 Å². The van der Waals surface area contributed by atoms with Crippen LogP contribution in [0.1, 0.15) is 60.3 Å². The summed E-state index contributed by atoms with van der Waals surface area (Å²) in [5, 5.41) is 9.98. The summed E-state index contributed by atoms with van der Waals surface area (Å²) in [6, 6.07) is 22.6. The minimum Gasteiger partial charge on any atom is -0.341 e. The highest BCUT2D eigenvalue weighted by Crippen LogP contribution is 2.31. The molecule has 156 valence electrons. The summed E-state index contributed by atoms with van der Waals surface area (Å²) in [6.07, 6.45) is 1.83. The highest BCUT2D eigenvalue weighted by molar-refractivity contribution is 6.31. The first-order valence-corrected chi connectivity index (χ1v) is 11.1. The van der Waals surface area contributed by atoms with Crippen molar-refractivity contribution in [2.75, 3.05) is 0 Å². The molecule has 0 fully saturated rings. The van der Waals surface area contributed by atoms with E-state index in [2.05, 4.69) is 56.1 Å². The lowest BCUT2D eigenvalue weighted by molar-refractivity contribution is 0.646. The van der Waals surface area contributed by atoms with Gasteiger partial charge in [0.15, 0.2) is 0 Å². The zero-order chi connectivity index (χ0) is 22.0. The molecule has 4 heteroatoms. The van der Waals surface area contributed by atoms with Gasteiger partial charge >= 0.3 is 0 Å². The molecule has 1 atom stereocenters. The molecule has 3 nitrogen and oxygen atoms in total. The second-order valence-electron chi connectivity index (χ2n) is 8.59. The maximum absolute atomic E-state index is 9.18. The number of rotatable bonds is 6. The van der Waals surface area contributed by atoms with Crippen molar-refractivity contribution in [3.05, 3.63) is 99.3 Å². The predicted molar refractivity (Wildman–Crippen MR) is 128 cm³/mol. The number of hydrogen-bond donors (Lipinski definition) is 1. The van der Waals surface area contributed by atoms with Crippen molar-refractivity contribution >= 4 is 22.6 Å². The van der Waals surface area contributed by atoms with Crippen molar-refractivity contribution in [3.8, 4) is 6.07 Å². The fourth-order valence-electron chi connectivity index (χ4n) is 4.13. The number of halogens is 1. The predicted octanol–water partition coefficient (Wildman–Crippen LogP) is 7.03. The molecule has 4 aromatic rings. The third-order valence-electron chi connectivity index (χ3n) is 5.70. The second-order valence-corrected chi connectivity index (χ2v) is 8.99. The zero-order valence-corrected chi connectivity index (χ0v) is 18.9. The van der Waals surface area contributed by atoms with Crippen LogP contribution in [0.15, 0.2) is 60.7 Å². The Kier molecular flexibility index (Phi) is 6.11. The largest absolute Gasteiger partial charge is 0.341 e. The van der Waals surface area contributed by atoms with Gasteiger partial charge < -0.3 is 4.98 Å². The Morgan fingerprint density at radius 2 is 1.81 bits per heavy atom. The van der Waals surface area contributed by atoms with Crippen molar-refractivity contribution in [2.24, 2.45) is 5.92 Å². The number of benzene rings is 3. The van der Waals surface area contributed by atoms with Crippen molar-refractivity contribution in [3.63, 3.8) is 0 Å². The second kappa shape index (κ2) is 8.96. The molecule has 0 radical (unpaired) electrons. The van der Waals surface area contributed by atoms with E-state index in [1.807, 2.05) is 30.3 Å². The third kappa shape index (κ3) is 4.65. The van der Waals surface area contributed by atoms with Crippen LogP contribution < -0.4 is 0 Å². The van der Waals surface area contributed by atoms with Gasteiger partial charge in [-0.15, -0.1) is 0 Å². The Labute approximate surface area is 188 Å². The van der Waals surface area contributed by atoms with E-state index < -0.39 is 0 Å². The smallest absolute Gasteiger partial charge is 0.114 e. The maximum Gasteiger partial charge on any atom is 0.114 e. The summed E-state index contributed by atoms with van der Waals surface area (Å²) in [5.74, 6) is 1.59. The zero-order valence-electron chi connectivity index (χ0n) is 18.1. The summed E-state index contributed by atoms with van der Waals surface area (Å²) < 4.78 is 0. The fourth-order valence-corrected chi connectivity index (χ4v) is 4.33. The molecule has 3 aromatic carbocycles. The lowest BCUT2D eigenvalue weighted by atomic mass is 9.88. The standard InChI is InChI=1S/C27H26ClN3/c1-17(2)12-19-8-10-23(22(13-19)15-21-6-4-5-7-24(21)28)18(3)27-30-25-11-9-20(16-29)14-26(25)31-27/h4-11,13-14,17-18H,12,15H2,1-3H3,(H,30,31). The number of nitrogens with zero attached hydrogens (tertiary/aromatic N) is 2. The average molecular weight is 428 g/mol. The summed E-state index contributed by atoms with van der Waals surface area (Å²) in [6.45, 7) is 6.67. The van der Waals surface area contributed by atoms with Gasteiger partial charge in [0.1, 0.15) is 5.82 Å². The van der Waals surface area contributed by atoms with Crippen LogP contribution in [0.25, 0.3) is 11.0 Å². The molecule has 1 unspecified atom stereocenters. The molecule has 0 aliphatic heterocycles. The van der Waals surface area contributed by atoms with Crippen LogP contribution >= 0.6 is 11.6 Å². The molecular formula is C27H26ClN3. The quantitative estimate of drug-likeness (QED) is 0.359. The van der Waals surface area contributed by atoms with Crippen molar-refractivity contribution in [2.45, 2.75) is 39.5 Å². The van der Waals surface area contributed by atoms with E-state index in [0.717, 1.165) is 40.3 Å². The van der Waals surface area contributed by atoms with Gasteiger partial charge in [-0.05, 0) is 65.3 Å². The van der Waals surface area contributed by atoms with Crippen LogP contribution in [0.3, 0.4) is 0 Å².